The Hall–Kier alpha value is -1.88. The molecule has 0 unspecified atom stereocenters. The lowest BCUT2D eigenvalue weighted by Crippen LogP contribution is -2.22. The van der Waals surface area contributed by atoms with Crippen LogP contribution in [0.15, 0.2) is 30.5 Å². The first-order valence-electron chi connectivity index (χ1n) is 6.06. The van der Waals surface area contributed by atoms with E-state index in [-0.39, 0.29) is 0 Å². The van der Waals surface area contributed by atoms with Crippen LogP contribution in [0.4, 0.5) is 5.69 Å². The second-order valence-corrected chi connectivity index (χ2v) is 4.43. The van der Waals surface area contributed by atoms with Crippen molar-refractivity contribution in [2.24, 2.45) is 5.73 Å². The third kappa shape index (κ3) is 3.07. The molecule has 0 aliphatic rings. The van der Waals surface area contributed by atoms with Crippen molar-refractivity contribution in [2.75, 3.05) is 18.5 Å². The van der Waals surface area contributed by atoms with Crippen LogP contribution in [0.25, 0.3) is 0 Å². The minimum absolute atomic E-state index is 0.438. The molecular formula is C13H19N5. The second kappa shape index (κ2) is 5.64. The van der Waals surface area contributed by atoms with E-state index in [9.17, 15) is 0 Å². The number of hydrogen-bond acceptors (Lipinski definition) is 4. The molecule has 0 saturated heterocycles. The maximum Gasteiger partial charge on any atom is 0.0962 e. The minimum atomic E-state index is 0.438. The molecule has 0 spiro atoms. The van der Waals surface area contributed by atoms with Crippen LogP contribution in [-0.4, -0.2) is 28.6 Å². The average Bonchev–Trinajstić information content (AvgIpc) is 2.85. The predicted molar refractivity (Wildman–Crippen MR) is 72.4 cm³/mol. The number of hydrogen-bond donors (Lipinski definition) is 1. The van der Waals surface area contributed by atoms with Gasteiger partial charge in [0.05, 0.1) is 12.2 Å². The standard InChI is InChI=1S/C13H19N5/c1-11-3-5-13(6-4-11)17(2)7-8-18-10-12(9-14)15-16-18/h3-6,10H,7-9,14H2,1-2H3. The highest BCUT2D eigenvalue weighted by Gasteiger charge is 2.02. The molecule has 1 aromatic carbocycles. The molecule has 0 amide bonds. The lowest BCUT2D eigenvalue weighted by Gasteiger charge is -2.19. The highest BCUT2D eigenvalue weighted by Crippen LogP contribution is 2.12. The topological polar surface area (TPSA) is 60.0 Å². The van der Waals surface area contributed by atoms with Crippen LogP contribution in [0.3, 0.4) is 0 Å². The number of nitrogens with two attached hydrogens (primary N) is 1. The number of nitrogens with zero attached hydrogens (tertiary/aromatic N) is 4. The average molecular weight is 245 g/mol. The van der Waals surface area contributed by atoms with Crippen LogP contribution in [0.1, 0.15) is 11.3 Å². The van der Waals surface area contributed by atoms with Gasteiger partial charge in [-0.05, 0) is 19.1 Å². The minimum Gasteiger partial charge on any atom is -0.373 e. The molecule has 0 fully saturated rings. The van der Waals surface area contributed by atoms with Gasteiger partial charge in [0, 0.05) is 32.0 Å². The molecule has 18 heavy (non-hydrogen) atoms. The number of benzene rings is 1. The zero-order chi connectivity index (χ0) is 13.0. The fraction of sp³-hybridized carbons (Fsp3) is 0.385. The smallest absolute Gasteiger partial charge is 0.0962 e. The SMILES string of the molecule is Cc1ccc(N(C)CCn2cc(CN)nn2)cc1. The van der Waals surface area contributed by atoms with Crippen molar-refractivity contribution >= 4 is 5.69 Å². The number of aromatic nitrogens is 3. The summed E-state index contributed by atoms with van der Waals surface area (Å²) < 4.78 is 1.83. The maximum absolute atomic E-state index is 5.50. The van der Waals surface area contributed by atoms with Gasteiger partial charge in [-0.3, -0.25) is 4.68 Å². The van der Waals surface area contributed by atoms with Crippen molar-refractivity contribution in [2.45, 2.75) is 20.0 Å². The second-order valence-electron chi connectivity index (χ2n) is 4.43. The molecule has 0 saturated carbocycles. The molecule has 1 heterocycles. The molecule has 0 radical (unpaired) electrons. The lowest BCUT2D eigenvalue weighted by atomic mass is 10.2. The van der Waals surface area contributed by atoms with Crippen LogP contribution >= 0.6 is 0 Å². The number of likely N-dealkylation sites (N-methyl/N-ethyl adjacent to an activating group) is 1. The Morgan fingerprint density at radius 3 is 2.61 bits per heavy atom. The van der Waals surface area contributed by atoms with Crippen molar-refractivity contribution in [1.82, 2.24) is 15.0 Å². The van der Waals surface area contributed by atoms with Gasteiger partial charge in [-0.25, -0.2) is 0 Å². The summed E-state index contributed by atoms with van der Waals surface area (Å²) in [6.45, 7) is 4.22. The largest absolute Gasteiger partial charge is 0.373 e. The third-order valence-electron chi connectivity index (χ3n) is 2.93. The highest BCUT2D eigenvalue weighted by molar-refractivity contribution is 5.46. The summed E-state index contributed by atoms with van der Waals surface area (Å²) in [6, 6.07) is 8.49. The van der Waals surface area contributed by atoms with Crippen LogP contribution in [0, 0.1) is 6.92 Å². The summed E-state index contributed by atoms with van der Waals surface area (Å²) in [7, 11) is 2.07. The lowest BCUT2D eigenvalue weighted by molar-refractivity contribution is 0.587. The third-order valence-corrected chi connectivity index (χ3v) is 2.93. The van der Waals surface area contributed by atoms with E-state index >= 15 is 0 Å². The van der Waals surface area contributed by atoms with Gasteiger partial charge in [-0.2, -0.15) is 0 Å². The van der Waals surface area contributed by atoms with Crippen molar-refractivity contribution < 1.29 is 0 Å². The van der Waals surface area contributed by atoms with Gasteiger partial charge >= 0.3 is 0 Å². The van der Waals surface area contributed by atoms with Crippen LogP contribution in [0.5, 0.6) is 0 Å². The monoisotopic (exact) mass is 245 g/mol. The van der Waals surface area contributed by atoms with Gasteiger partial charge < -0.3 is 10.6 Å². The number of rotatable bonds is 5. The summed E-state index contributed by atoms with van der Waals surface area (Å²) in [5.74, 6) is 0. The molecule has 5 heteroatoms. The fourth-order valence-corrected chi connectivity index (χ4v) is 1.72. The Labute approximate surface area is 107 Å². The van der Waals surface area contributed by atoms with Gasteiger partial charge in [-0.15, -0.1) is 5.10 Å². The summed E-state index contributed by atoms with van der Waals surface area (Å²) in [5.41, 5.74) is 8.81. The molecule has 1 aromatic heterocycles. The summed E-state index contributed by atoms with van der Waals surface area (Å²) >= 11 is 0. The van der Waals surface area contributed by atoms with E-state index in [0.29, 0.717) is 6.54 Å². The molecule has 0 aliphatic carbocycles. The van der Waals surface area contributed by atoms with Crippen molar-refractivity contribution in [1.29, 1.82) is 0 Å². The molecule has 2 rings (SSSR count). The van der Waals surface area contributed by atoms with Gasteiger partial charge in [0.15, 0.2) is 0 Å². The maximum atomic E-state index is 5.50. The summed E-state index contributed by atoms with van der Waals surface area (Å²) in [5, 5.41) is 7.99. The Bertz CT molecular complexity index is 488. The van der Waals surface area contributed by atoms with E-state index in [2.05, 4.69) is 53.4 Å². The van der Waals surface area contributed by atoms with E-state index < -0.39 is 0 Å². The molecule has 0 atom stereocenters. The van der Waals surface area contributed by atoms with E-state index in [4.69, 9.17) is 5.73 Å². The molecule has 96 valence electrons. The van der Waals surface area contributed by atoms with Crippen LogP contribution < -0.4 is 10.6 Å². The first-order valence-corrected chi connectivity index (χ1v) is 6.06. The summed E-state index contributed by atoms with van der Waals surface area (Å²) in [6.07, 6.45) is 1.89. The van der Waals surface area contributed by atoms with E-state index in [1.165, 1.54) is 11.3 Å². The molecule has 2 aromatic rings. The van der Waals surface area contributed by atoms with Gasteiger partial charge in [0.25, 0.3) is 0 Å². The zero-order valence-corrected chi connectivity index (χ0v) is 10.9. The number of anilines is 1. The van der Waals surface area contributed by atoms with Crippen LogP contribution in [0.2, 0.25) is 0 Å². The van der Waals surface area contributed by atoms with Gasteiger partial charge in [0.1, 0.15) is 0 Å². The van der Waals surface area contributed by atoms with Crippen molar-refractivity contribution in [3.05, 3.63) is 41.7 Å². The molecule has 5 nitrogen and oxygen atoms in total. The fourth-order valence-electron chi connectivity index (χ4n) is 1.72. The van der Waals surface area contributed by atoms with E-state index in [1.807, 2.05) is 10.9 Å². The Balaban J connectivity index is 1.91. The van der Waals surface area contributed by atoms with E-state index in [0.717, 1.165) is 18.8 Å². The molecular weight excluding hydrogens is 226 g/mol. The Morgan fingerprint density at radius 1 is 1.28 bits per heavy atom. The van der Waals surface area contributed by atoms with Gasteiger partial charge in [-0.1, -0.05) is 22.9 Å². The van der Waals surface area contributed by atoms with E-state index in [1.54, 1.807) is 0 Å². The Kier molecular flexibility index (Phi) is 3.94. The van der Waals surface area contributed by atoms with Gasteiger partial charge in [0.2, 0.25) is 0 Å². The molecule has 2 N–H and O–H groups in total. The molecule has 0 aliphatic heterocycles. The predicted octanol–water partition coefficient (Wildman–Crippen LogP) is 1.18. The van der Waals surface area contributed by atoms with Crippen molar-refractivity contribution in [3.8, 4) is 0 Å². The van der Waals surface area contributed by atoms with Crippen molar-refractivity contribution in [3.63, 3.8) is 0 Å². The molecule has 0 bridgehead atoms. The van der Waals surface area contributed by atoms with Crippen LogP contribution in [-0.2, 0) is 13.1 Å². The normalized spacial score (nSPS) is 10.6. The first-order chi connectivity index (χ1) is 8.69. The zero-order valence-electron chi connectivity index (χ0n) is 10.9. The first kappa shape index (κ1) is 12.6. The number of aryl methyl sites for hydroxylation is 1. The quantitative estimate of drug-likeness (QED) is 0.859. The highest BCUT2D eigenvalue weighted by atomic mass is 15.4. The Morgan fingerprint density at radius 2 is 2.00 bits per heavy atom. The summed E-state index contributed by atoms with van der Waals surface area (Å²) in [4.78, 5) is 2.20.